The van der Waals surface area contributed by atoms with Crippen LogP contribution in [0.4, 0.5) is 0 Å². The minimum Gasteiger partial charge on any atom is -0.497 e. The van der Waals surface area contributed by atoms with E-state index in [0.29, 0.717) is 56.9 Å². The molecule has 0 unspecified atom stereocenters. The number of aryl methyl sites for hydroxylation is 1. The molecule has 0 saturated heterocycles. The molecule has 0 N–H and O–H groups in total. The third-order valence-electron chi connectivity index (χ3n) is 5.28. The van der Waals surface area contributed by atoms with Gasteiger partial charge in [0.25, 0.3) is 0 Å². The Morgan fingerprint density at radius 3 is 1.77 bits per heavy atom. The average molecular weight is 414 g/mol. The minimum atomic E-state index is -0.146. The highest BCUT2D eigenvalue weighted by molar-refractivity contribution is 6.18. The van der Waals surface area contributed by atoms with Crippen LogP contribution in [0.3, 0.4) is 0 Å². The fraction of sp³-hybridized carbons (Fsp3) is 0.154. The molecule has 1 aromatic heterocycles. The molecule has 4 aromatic rings. The third-order valence-corrected chi connectivity index (χ3v) is 5.28. The molecule has 4 rings (SSSR count). The van der Waals surface area contributed by atoms with Crippen LogP contribution in [0.1, 0.15) is 44.5 Å². The van der Waals surface area contributed by atoms with Crippen molar-refractivity contribution < 1.29 is 23.5 Å². The van der Waals surface area contributed by atoms with Crippen LogP contribution in [0.15, 0.2) is 71.1 Å². The first-order chi connectivity index (χ1) is 15.0. The standard InChI is InChI=1S/C26H22O5/c1-4-22-24(26(28)17-7-12-20(30-3)13-8-17)21-15-18(9-14-23(21)31-22)25(27)16-5-10-19(29-2)11-6-16/h5-15H,4H2,1-3H3. The number of rotatable bonds is 7. The number of hydrogen-bond donors (Lipinski definition) is 0. The first-order valence-electron chi connectivity index (χ1n) is 9.98. The highest BCUT2D eigenvalue weighted by atomic mass is 16.5. The second kappa shape index (κ2) is 8.48. The van der Waals surface area contributed by atoms with E-state index in [4.69, 9.17) is 13.9 Å². The lowest BCUT2D eigenvalue weighted by molar-refractivity contribution is 0.102. The summed E-state index contributed by atoms with van der Waals surface area (Å²) in [5.74, 6) is 1.68. The minimum absolute atomic E-state index is 0.133. The average Bonchev–Trinajstić information content (AvgIpc) is 3.21. The van der Waals surface area contributed by atoms with Crippen LogP contribution >= 0.6 is 0 Å². The summed E-state index contributed by atoms with van der Waals surface area (Å²) >= 11 is 0. The molecule has 0 fully saturated rings. The van der Waals surface area contributed by atoms with Gasteiger partial charge in [-0.15, -0.1) is 0 Å². The van der Waals surface area contributed by atoms with Gasteiger partial charge in [-0.2, -0.15) is 0 Å². The van der Waals surface area contributed by atoms with E-state index in [1.165, 1.54) is 0 Å². The van der Waals surface area contributed by atoms with Crippen molar-refractivity contribution in [2.24, 2.45) is 0 Å². The highest BCUT2D eigenvalue weighted by Gasteiger charge is 2.22. The van der Waals surface area contributed by atoms with E-state index in [1.807, 2.05) is 6.92 Å². The zero-order chi connectivity index (χ0) is 22.0. The van der Waals surface area contributed by atoms with E-state index < -0.39 is 0 Å². The lowest BCUT2D eigenvalue weighted by Crippen LogP contribution is -2.04. The van der Waals surface area contributed by atoms with Gasteiger partial charge in [0.1, 0.15) is 22.8 Å². The van der Waals surface area contributed by atoms with Gasteiger partial charge in [0.2, 0.25) is 0 Å². The number of carbonyl (C=O) groups is 2. The smallest absolute Gasteiger partial charge is 0.197 e. The molecule has 0 amide bonds. The molecule has 0 aliphatic rings. The predicted molar refractivity (Wildman–Crippen MR) is 118 cm³/mol. The van der Waals surface area contributed by atoms with Crippen molar-refractivity contribution >= 4 is 22.5 Å². The molecule has 1 heterocycles. The summed E-state index contributed by atoms with van der Waals surface area (Å²) in [4.78, 5) is 26.3. The van der Waals surface area contributed by atoms with E-state index in [1.54, 1.807) is 80.9 Å². The fourth-order valence-corrected chi connectivity index (χ4v) is 3.58. The van der Waals surface area contributed by atoms with E-state index in [0.717, 1.165) is 0 Å². The van der Waals surface area contributed by atoms with Gasteiger partial charge in [0.05, 0.1) is 19.8 Å². The Morgan fingerprint density at radius 2 is 1.26 bits per heavy atom. The Bertz CT molecular complexity index is 1250. The normalized spacial score (nSPS) is 10.8. The highest BCUT2D eigenvalue weighted by Crippen LogP contribution is 2.31. The number of ether oxygens (including phenoxy) is 2. The Kier molecular flexibility index (Phi) is 5.58. The summed E-state index contributed by atoms with van der Waals surface area (Å²) in [7, 11) is 3.16. The van der Waals surface area contributed by atoms with Gasteiger partial charge >= 0.3 is 0 Å². The van der Waals surface area contributed by atoms with Gasteiger partial charge in [-0.1, -0.05) is 6.92 Å². The lowest BCUT2D eigenvalue weighted by Gasteiger charge is -2.05. The quantitative estimate of drug-likeness (QED) is 0.375. The maximum atomic E-state index is 13.3. The molecule has 31 heavy (non-hydrogen) atoms. The van der Waals surface area contributed by atoms with Crippen LogP contribution < -0.4 is 9.47 Å². The summed E-state index contributed by atoms with van der Waals surface area (Å²) in [6.07, 6.45) is 0.563. The van der Waals surface area contributed by atoms with Crippen molar-refractivity contribution in [3.8, 4) is 11.5 Å². The summed E-state index contributed by atoms with van der Waals surface area (Å²) < 4.78 is 16.3. The van der Waals surface area contributed by atoms with E-state index in [2.05, 4.69) is 0 Å². The van der Waals surface area contributed by atoms with Gasteiger partial charge in [-0.05, 0) is 66.7 Å². The van der Waals surface area contributed by atoms with Crippen LogP contribution in [0, 0.1) is 0 Å². The van der Waals surface area contributed by atoms with Gasteiger partial charge in [0, 0.05) is 28.5 Å². The topological polar surface area (TPSA) is 65.7 Å². The number of methoxy groups -OCH3 is 2. The monoisotopic (exact) mass is 414 g/mol. The molecular weight excluding hydrogens is 392 g/mol. The number of carbonyl (C=O) groups excluding carboxylic acids is 2. The van der Waals surface area contributed by atoms with Crippen molar-refractivity contribution in [2.45, 2.75) is 13.3 Å². The summed E-state index contributed by atoms with van der Waals surface area (Å²) in [6, 6.07) is 19.1. The van der Waals surface area contributed by atoms with Crippen LogP contribution in [0.25, 0.3) is 11.0 Å². The molecule has 0 atom stereocenters. The first-order valence-corrected chi connectivity index (χ1v) is 9.98. The van der Waals surface area contributed by atoms with Crippen LogP contribution in [0.2, 0.25) is 0 Å². The molecule has 0 aliphatic heterocycles. The van der Waals surface area contributed by atoms with Crippen LogP contribution in [0.5, 0.6) is 11.5 Å². The lowest BCUT2D eigenvalue weighted by atomic mass is 9.96. The molecule has 0 saturated carbocycles. The molecule has 5 heteroatoms. The summed E-state index contributed by atoms with van der Waals surface area (Å²) in [6.45, 7) is 1.94. The van der Waals surface area contributed by atoms with E-state index in [-0.39, 0.29) is 11.6 Å². The maximum Gasteiger partial charge on any atom is 0.197 e. The first kappa shape index (κ1) is 20.4. The Labute approximate surface area is 180 Å². The molecule has 0 bridgehead atoms. The fourth-order valence-electron chi connectivity index (χ4n) is 3.58. The van der Waals surface area contributed by atoms with Crippen molar-refractivity contribution in [1.82, 2.24) is 0 Å². The second-order valence-electron chi connectivity index (χ2n) is 7.08. The van der Waals surface area contributed by atoms with Gasteiger partial charge < -0.3 is 13.9 Å². The van der Waals surface area contributed by atoms with Crippen molar-refractivity contribution in [3.63, 3.8) is 0 Å². The third kappa shape index (κ3) is 3.82. The summed E-state index contributed by atoms with van der Waals surface area (Å²) in [5, 5.41) is 0.636. The summed E-state index contributed by atoms with van der Waals surface area (Å²) in [5.41, 5.74) is 2.64. The van der Waals surface area contributed by atoms with Crippen molar-refractivity contribution in [3.05, 3.63) is 94.7 Å². The largest absolute Gasteiger partial charge is 0.497 e. The van der Waals surface area contributed by atoms with E-state index in [9.17, 15) is 9.59 Å². The Hall–Kier alpha value is -3.86. The molecular formula is C26H22O5. The number of benzene rings is 3. The van der Waals surface area contributed by atoms with E-state index >= 15 is 0 Å². The predicted octanol–water partition coefficient (Wildman–Crippen LogP) is 5.47. The Balaban J connectivity index is 1.77. The SMILES string of the molecule is CCc1oc2ccc(C(=O)c3ccc(OC)cc3)cc2c1C(=O)c1ccc(OC)cc1. The molecule has 5 nitrogen and oxygen atoms in total. The number of ketones is 2. The molecule has 0 aliphatic carbocycles. The zero-order valence-electron chi connectivity index (χ0n) is 17.6. The number of furan rings is 1. The molecule has 0 radical (unpaired) electrons. The van der Waals surface area contributed by atoms with Crippen LogP contribution in [-0.4, -0.2) is 25.8 Å². The van der Waals surface area contributed by atoms with Crippen molar-refractivity contribution in [2.75, 3.05) is 14.2 Å². The molecule has 156 valence electrons. The number of fused-ring (bicyclic) bond motifs is 1. The maximum absolute atomic E-state index is 13.3. The molecule has 0 spiro atoms. The molecule has 3 aromatic carbocycles. The zero-order valence-corrected chi connectivity index (χ0v) is 17.6. The van der Waals surface area contributed by atoms with Gasteiger partial charge in [-0.3, -0.25) is 9.59 Å². The number of hydrogen-bond acceptors (Lipinski definition) is 5. The second-order valence-corrected chi connectivity index (χ2v) is 7.08. The van der Waals surface area contributed by atoms with Gasteiger partial charge in [0.15, 0.2) is 11.6 Å². The van der Waals surface area contributed by atoms with Crippen molar-refractivity contribution in [1.29, 1.82) is 0 Å². The Morgan fingerprint density at radius 1 is 0.742 bits per heavy atom. The van der Waals surface area contributed by atoms with Gasteiger partial charge in [-0.25, -0.2) is 0 Å². The van der Waals surface area contributed by atoms with Crippen LogP contribution in [-0.2, 0) is 6.42 Å².